The molecule has 1 aromatic heterocycles. The Labute approximate surface area is 150 Å². The van der Waals surface area contributed by atoms with Crippen LogP contribution in [-0.4, -0.2) is 18.5 Å². The number of amides is 1. The molecule has 0 saturated heterocycles. The Hall–Kier alpha value is -2.92. The van der Waals surface area contributed by atoms with Crippen molar-refractivity contribution in [1.82, 2.24) is 0 Å². The lowest BCUT2D eigenvalue weighted by molar-refractivity contribution is -0.121. The normalized spacial score (nSPS) is 10.2. The number of ether oxygens (including phenoxy) is 1. The fourth-order valence-corrected chi connectivity index (χ4v) is 2.98. The second-order valence-electron chi connectivity index (χ2n) is 5.35. The lowest BCUT2D eigenvalue weighted by Crippen LogP contribution is -2.34. The molecule has 1 heterocycles. The quantitative estimate of drug-likeness (QED) is 0.627. The Morgan fingerprint density at radius 2 is 1.56 bits per heavy atom. The predicted molar refractivity (Wildman–Crippen MR) is 98.7 cm³/mol. The zero-order valence-electron chi connectivity index (χ0n) is 13.5. The number of para-hydroxylation sites is 1. The molecule has 0 atom stereocenters. The van der Waals surface area contributed by atoms with Crippen LogP contribution in [0.5, 0.6) is 0 Å². The summed E-state index contributed by atoms with van der Waals surface area (Å²) in [6.07, 6.45) is 0. The summed E-state index contributed by atoms with van der Waals surface area (Å²) in [6.45, 7) is 0.124. The number of carbonyl (C=O) groups is 2. The van der Waals surface area contributed by atoms with Crippen LogP contribution in [-0.2, 0) is 16.1 Å². The van der Waals surface area contributed by atoms with Gasteiger partial charge in [0.15, 0.2) is 6.61 Å². The van der Waals surface area contributed by atoms with Crippen molar-refractivity contribution in [2.24, 2.45) is 0 Å². The van der Waals surface area contributed by atoms with Crippen LogP contribution in [0.3, 0.4) is 0 Å². The van der Waals surface area contributed by atoms with Crippen LogP contribution in [0.1, 0.15) is 15.2 Å². The fraction of sp³-hybridized carbons (Fsp3) is 0.100. The average molecular weight is 351 g/mol. The van der Waals surface area contributed by atoms with Gasteiger partial charge in [0.05, 0.1) is 6.54 Å². The Morgan fingerprint density at radius 1 is 0.880 bits per heavy atom. The molecule has 1 amide bonds. The number of thiophene rings is 1. The molecule has 4 nitrogen and oxygen atoms in total. The molecule has 3 rings (SSSR count). The predicted octanol–water partition coefficient (Wildman–Crippen LogP) is 4.14. The SMILES string of the molecule is O=C(OCC(=O)N(Cc1ccccc1)c1ccccc1)c1cccs1. The van der Waals surface area contributed by atoms with Crippen molar-refractivity contribution < 1.29 is 14.3 Å². The van der Waals surface area contributed by atoms with Crippen LogP contribution in [0.25, 0.3) is 0 Å². The van der Waals surface area contributed by atoms with Gasteiger partial charge >= 0.3 is 5.97 Å². The molecule has 5 heteroatoms. The standard InChI is InChI=1S/C20H17NO3S/c22-19(15-24-20(23)18-12-7-13-25-18)21(17-10-5-2-6-11-17)14-16-8-3-1-4-9-16/h1-13H,14-15H2. The topological polar surface area (TPSA) is 46.6 Å². The van der Waals surface area contributed by atoms with Crippen molar-refractivity contribution in [2.75, 3.05) is 11.5 Å². The molecule has 0 spiro atoms. The third-order valence-electron chi connectivity index (χ3n) is 3.60. The monoisotopic (exact) mass is 351 g/mol. The zero-order valence-corrected chi connectivity index (χ0v) is 14.3. The third-order valence-corrected chi connectivity index (χ3v) is 4.45. The maximum Gasteiger partial charge on any atom is 0.348 e. The van der Waals surface area contributed by atoms with E-state index in [9.17, 15) is 9.59 Å². The maximum atomic E-state index is 12.7. The first-order valence-corrected chi connectivity index (χ1v) is 8.72. The average Bonchev–Trinajstić information content (AvgIpc) is 3.20. The highest BCUT2D eigenvalue weighted by Gasteiger charge is 2.19. The second kappa shape index (κ2) is 8.26. The molecule has 0 aliphatic heterocycles. The number of carbonyl (C=O) groups excluding carboxylic acids is 2. The smallest absolute Gasteiger partial charge is 0.348 e. The molecule has 0 unspecified atom stereocenters. The van der Waals surface area contributed by atoms with Gasteiger partial charge in [-0.15, -0.1) is 11.3 Å². The highest BCUT2D eigenvalue weighted by Crippen LogP contribution is 2.18. The third kappa shape index (κ3) is 4.55. The van der Waals surface area contributed by atoms with E-state index in [2.05, 4.69) is 0 Å². The lowest BCUT2D eigenvalue weighted by Gasteiger charge is -2.23. The van der Waals surface area contributed by atoms with Crippen molar-refractivity contribution >= 4 is 28.9 Å². The number of nitrogens with zero attached hydrogens (tertiary/aromatic N) is 1. The first-order chi connectivity index (χ1) is 12.2. The van der Waals surface area contributed by atoms with E-state index in [1.165, 1.54) is 11.3 Å². The minimum Gasteiger partial charge on any atom is -0.451 e. The van der Waals surface area contributed by atoms with E-state index in [0.29, 0.717) is 11.4 Å². The molecule has 0 radical (unpaired) electrons. The summed E-state index contributed by atoms with van der Waals surface area (Å²) < 4.78 is 5.17. The summed E-state index contributed by atoms with van der Waals surface area (Å²) in [5.41, 5.74) is 1.77. The van der Waals surface area contributed by atoms with Crippen molar-refractivity contribution in [3.63, 3.8) is 0 Å². The number of esters is 1. The van der Waals surface area contributed by atoms with E-state index in [-0.39, 0.29) is 12.5 Å². The van der Waals surface area contributed by atoms with E-state index in [0.717, 1.165) is 11.3 Å². The summed E-state index contributed by atoms with van der Waals surface area (Å²) >= 11 is 1.29. The molecule has 25 heavy (non-hydrogen) atoms. The minimum atomic E-state index is -0.476. The van der Waals surface area contributed by atoms with E-state index in [1.807, 2.05) is 60.7 Å². The molecule has 2 aromatic carbocycles. The van der Waals surface area contributed by atoms with Gasteiger partial charge in [-0.25, -0.2) is 4.79 Å². The van der Waals surface area contributed by atoms with Crippen LogP contribution < -0.4 is 4.90 Å². The molecule has 0 bridgehead atoms. The van der Waals surface area contributed by atoms with E-state index in [1.54, 1.807) is 22.4 Å². The van der Waals surface area contributed by atoms with Crippen molar-refractivity contribution in [1.29, 1.82) is 0 Å². The Balaban J connectivity index is 1.72. The summed E-state index contributed by atoms with van der Waals surface area (Å²) in [5, 5.41) is 1.80. The first-order valence-electron chi connectivity index (χ1n) is 7.84. The van der Waals surface area contributed by atoms with Crippen molar-refractivity contribution in [2.45, 2.75) is 6.54 Å². The highest BCUT2D eigenvalue weighted by molar-refractivity contribution is 7.11. The minimum absolute atomic E-state index is 0.264. The first kappa shape index (κ1) is 16.9. The lowest BCUT2D eigenvalue weighted by atomic mass is 10.2. The molecule has 0 N–H and O–H groups in total. The van der Waals surface area contributed by atoms with Crippen molar-refractivity contribution in [3.05, 3.63) is 88.6 Å². The molecular formula is C20H17NO3S. The van der Waals surface area contributed by atoms with Crippen LogP contribution in [0.2, 0.25) is 0 Å². The largest absolute Gasteiger partial charge is 0.451 e. The molecule has 3 aromatic rings. The summed E-state index contributed by atoms with van der Waals surface area (Å²) in [7, 11) is 0. The molecule has 0 aliphatic carbocycles. The van der Waals surface area contributed by atoms with Crippen LogP contribution >= 0.6 is 11.3 Å². The van der Waals surface area contributed by atoms with Gasteiger partial charge < -0.3 is 9.64 Å². The Bertz CT molecular complexity index is 817. The zero-order chi connectivity index (χ0) is 17.5. The van der Waals surface area contributed by atoms with Gasteiger partial charge in [-0.1, -0.05) is 54.6 Å². The highest BCUT2D eigenvalue weighted by atomic mass is 32.1. The fourth-order valence-electron chi connectivity index (χ4n) is 2.37. The number of hydrogen-bond acceptors (Lipinski definition) is 4. The van der Waals surface area contributed by atoms with Crippen LogP contribution in [0, 0.1) is 0 Å². The molecule has 0 saturated carbocycles. The molecular weight excluding hydrogens is 334 g/mol. The van der Waals surface area contributed by atoms with Gasteiger partial charge in [0.25, 0.3) is 5.91 Å². The van der Waals surface area contributed by atoms with Gasteiger partial charge in [0.2, 0.25) is 0 Å². The van der Waals surface area contributed by atoms with Gasteiger partial charge in [0, 0.05) is 5.69 Å². The second-order valence-corrected chi connectivity index (χ2v) is 6.30. The summed E-state index contributed by atoms with van der Waals surface area (Å²) in [5.74, 6) is -0.740. The molecule has 0 aliphatic rings. The maximum absolute atomic E-state index is 12.7. The van der Waals surface area contributed by atoms with Gasteiger partial charge in [-0.2, -0.15) is 0 Å². The van der Waals surface area contributed by atoms with Gasteiger partial charge in [0.1, 0.15) is 4.88 Å². The molecule has 0 fully saturated rings. The molecule has 126 valence electrons. The van der Waals surface area contributed by atoms with E-state index >= 15 is 0 Å². The summed E-state index contributed by atoms with van der Waals surface area (Å²) in [6, 6.07) is 22.5. The number of hydrogen-bond donors (Lipinski definition) is 0. The van der Waals surface area contributed by atoms with Crippen molar-refractivity contribution in [3.8, 4) is 0 Å². The van der Waals surface area contributed by atoms with Crippen LogP contribution in [0.4, 0.5) is 5.69 Å². The number of rotatable bonds is 6. The Morgan fingerprint density at radius 3 is 2.20 bits per heavy atom. The van der Waals surface area contributed by atoms with Gasteiger partial charge in [-0.05, 0) is 29.1 Å². The van der Waals surface area contributed by atoms with E-state index < -0.39 is 5.97 Å². The number of benzene rings is 2. The van der Waals surface area contributed by atoms with Gasteiger partial charge in [-0.3, -0.25) is 4.79 Å². The van der Waals surface area contributed by atoms with Crippen LogP contribution in [0.15, 0.2) is 78.2 Å². The number of anilines is 1. The summed E-state index contributed by atoms with van der Waals surface area (Å²) in [4.78, 5) is 26.7. The van der Waals surface area contributed by atoms with E-state index in [4.69, 9.17) is 4.74 Å². The Kier molecular flexibility index (Phi) is 5.59.